The molecule has 2 heterocycles. The standard InChI is InChI=1S/C18H26N2O4/c21-18(19-12-14-7-5-11-22-14)20-16-8-1-2-9-17(16)24-13-15-6-3-4-10-23-15/h1-2,8-9,14-15H,3-7,10-13H2,(H2,19,20,21). The number of anilines is 1. The third-order valence-corrected chi connectivity index (χ3v) is 4.35. The van der Waals surface area contributed by atoms with Crippen molar-refractivity contribution in [3.8, 4) is 5.75 Å². The van der Waals surface area contributed by atoms with Crippen LogP contribution in [0.2, 0.25) is 0 Å². The van der Waals surface area contributed by atoms with Crippen LogP contribution >= 0.6 is 0 Å². The number of ether oxygens (including phenoxy) is 3. The van der Waals surface area contributed by atoms with E-state index in [9.17, 15) is 4.79 Å². The summed E-state index contributed by atoms with van der Waals surface area (Å²) in [6, 6.07) is 7.23. The van der Waals surface area contributed by atoms with E-state index in [0.29, 0.717) is 24.6 Å². The van der Waals surface area contributed by atoms with Crippen molar-refractivity contribution in [3.05, 3.63) is 24.3 Å². The highest BCUT2D eigenvalue weighted by Crippen LogP contribution is 2.25. The SMILES string of the molecule is O=C(NCC1CCCO1)Nc1ccccc1OCC1CCCCO1. The Bertz CT molecular complexity index is 526. The third-order valence-electron chi connectivity index (χ3n) is 4.35. The molecule has 2 amide bonds. The van der Waals surface area contributed by atoms with Gasteiger partial charge in [-0.3, -0.25) is 0 Å². The topological polar surface area (TPSA) is 68.8 Å². The van der Waals surface area contributed by atoms with Crippen molar-refractivity contribution in [1.82, 2.24) is 5.32 Å². The molecule has 6 heteroatoms. The average molecular weight is 334 g/mol. The number of para-hydroxylation sites is 2. The second kappa shape index (κ2) is 8.89. The smallest absolute Gasteiger partial charge is 0.319 e. The zero-order valence-corrected chi connectivity index (χ0v) is 14.0. The summed E-state index contributed by atoms with van der Waals surface area (Å²) in [5.74, 6) is 0.666. The van der Waals surface area contributed by atoms with Gasteiger partial charge in [-0.2, -0.15) is 0 Å². The monoisotopic (exact) mass is 334 g/mol. The van der Waals surface area contributed by atoms with Crippen LogP contribution in [-0.2, 0) is 9.47 Å². The molecule has 0 saturated carbocycles. The van der Waals surface area contributed by atoms with E-state index >= 15 is 0 Å². The van der Waals surface area contributed by atoms with Gasteiger partial charge in [0.05, 0.1) is 17.9 Å². The maximum atomic E-state index is 12.1. The lowest BCUT2D eigenvalue weighted by molar-refractivity contribution is -0.0109. The van der Waals surface area contributed by atoms with Crippen molar-refractivity contribution >= 4 is 11.7 Å². The van der Waals surface area contributed by atoms with Gasteiger partial charge in [0.15, 0.2) is 0 Å². The van der Waals surface area contributed by atoms with Gasteiger partial charge in [-0.25, -0.2) is 4.79 Å². The Morgan fingerprint density at radius 3 is 2.67 bits per heavy atom. The number of hydrogen-bond donors (Lipinski definition) is 2. The van der Waals surface area contributed by atoms with Crippen LogP contribution in [0.5, 0.6) is 5.75 Å². The number of carbonyl (C=O) groups excluding carboxylic acids is 1. The Balaban J connectivity index is 1.48. The van der Waals surface area contributed by atoms with Crippen LogP contribution in [0.25, 0.3) is 0 Å². The molecule has 3 rings (SSSR count). The summed E-state index contributed by atoms with van der Waals surface area (Å²) in [6.45, 7) is 2.63. The molecule has 0 bridgehead atoms. The highest BCUT2D eigenvalue weighted by atomic mass is 16.5. The molecule has 1 aromatic rings. The van der Waals surface area contributed by atoms with E-state index in [4.69, 9.17) is 14.2 Å². The highest BCUT2D eigenvalue weighted by molar-refractivity contribution is 5.90. The molecule has 2 atom stereocenters. The minimum absolute atomic E-state index is 0.130. The average Bonchev–Trinajstić information content (AvgIpc) is 3.14. The van der Waals surface area contributed by atoms with Crippen molar-refractivity contribution in [2.75, 3.05) is 31.7 Å². The lowest BCUT2D eigenvalue weighted by Gasteiger charge is -2.23. The fourth-order valence-electron chi connectivity index (χ4n) is 3.00. The van der Waals surface area contributed by atoms with Crippen LogP contribution in [0, 0.1) is 0 Å². The lowest BCUT2D eigenvalue weighted by atomic mass is 10.1. The zero-order chi connectivity index (χ0) is 16.6. The van der Waals surface area contributed by atoms with E-state index < -0.39 is 0 Å². The number of amides is 2. The molecule has 24 heavy (non-hydrogen) atoms. The predicted molar refractivity (Wildman–Crippen MR) is 91.5 cm³/mol. The molecule has 1 aromatic carbocycles. The minimum Gasteiger partial charge on any atom is -0.489 e. The molecular formula is C18H26N2O4. The van der Waals surface area contributed by atoms with Gasteiger partial charge in [-0.15, -0.1) is 0 Å². The second-order valence-electron chi connectivity index (χ2n) is 6.27. The van der Waals surface area contributed by atoms with Gasteiger partial charge in [-0.1, -0.05) is 12.1 Å². The Hall–Kier alpha value is -1.79. The molecule has 2 fully saturated rings. The second-order valence-corrected chi connectivity index (χ2v) is 6.27. The summed E-state index contributed by atoms with van der Waals surface area (Å²) in [5.41, 5.74) is 0.665. The van der Waals surface area contributed by atoms with E-state index in [-0.39, 0.29) is 18.2 Å². The largest absolute Gasteiger partial charge is 0.489 e. The summed E-state index contributed by atoms with van der Waals surface area (Å²) in [6.07, 6.45) is 5.66. The summed E-state index contributed by atoms with van der Waals surface area (Å²) >= 11 is 0. The lowest BCUT2D eigenvalue weighted by Crippen LogP contribution is -2.35. The van der Waals surface area contributed by atoms with Crippen LogP contribution < -0.4 is 15.4 Å². The third kappa shape index (κ3) is 5.11. The molecule has 2 aliphatic heterocycles. The van der Waals surface area contributed by atoms with Crippen molar-refractivity contribution < 1.29 is 19.0 Å². The first-order valence-corrected chi connectivity index (χ1v) is 8.81. The van der Waals surface area contributed by atoms with Gasteiger partial charge in [0.2, 0.25) is 0 Å². The van der Waals surface area contributed by atoms with Crippen molar-refractivity contribution in [1.29, 1.82) is 0 Å². The molecule has 2 unspecified atom stereocenters. The van der Waals surface area contributed by atoms with E-state index in [1.54, 1.807) is 0 Å². The number of hydrogen-bond acceptors (Lipinski definition) is 4. The van der Waals surface area contributed by atoms with Crippen LogP contribution in [0.3, 0.4) is 0 Å². The first kappa shape index (κ1) is 17.0. The van der Waals surface area contributed by atoms with Gasteiger partial charge < -0.3 is 24.8 Å². The van der Waals surface area contributed by atoms with Gasteiger partial charge in [0.1, 0.15) is 12.4 Å². The zero-order valence-electron chi connectivity index (χ0n) is 14.0. The van der Waals surface area contributed by atoms with Gasteiger partial charge in [0.25, 0.3) is 0 Å². The molecular weight excluding hydrogens is 308 g/mol. The van der Waals surface area contributed by atoms with Crippen LogP contribution in [0.4, 0.5) is 10.5 Å². The first-order chi connectivity index (χ1) is 11.8. The Morgan fingerprint density at radius 1 is 1.08 bits per heavy atom. The number of benzene rings is 1. The Kier molecular flexibility index (Phi) is 6.32. The maximum Gasteiger partial charge on any atom is 0.319 e. The number of rotatable bonds is 6. The number of urea groups is 1. The first-order valence-electron chi connectivity index (χ1n) is 8.81. The summed E-state index contributed by atoms with van der Waals surface area (Å²) in [7, 11) is 0. The fourth-order valence-corrected chi connectivity index (χ4v) is 3.00. The highest BCUT2D eigenvalue weighted by Gasteiger charge is 2.17. The van der Waals surface area contributed by atoms with Gasteiger partial charge >= 0.3 is 6.03 Å². The number of nitrogens with one attached hydrogen (secondary N) is 2. The molecule has 2 N–H and O–H groups in total. The van der Waals surface area contributed by atoms with E-state index in [1.165, 1.54) is 6.42 Å². The molecule has 2 saturated heterocycles. The normalized spacial score (nSPS) is 23.7. The Morgan fingerprint density at radius 2 is 1.88 bits per heavy atom. The van der Waals surface area contributed by atoms with Crippen molar-refractivity contribution in [2.24, 2.45) is 0 Å². The van der Waals surface area contributed by atoms with E-state index in [0.717, 1.165) is 38.9 Å². The Labute approximate surface area is 142 Å². The quantitative estimate of drug-likeness (QED) is 0.839. The molecule has 2 aliphatic rings. The maximum absolute atomic E-state index is 12.1. The predicted octanol–water partition coefficient (Wildman–Crippen LogP) is 2.94. The van der Waals surface area contributed by atoms with Gasteiger partial charge in [0, 0.05) is 19.8 Å². The molecule has 0 aromatic heterocycles. The van der Waals surface area contributed by atoms with Crippen LogP contribution in [-0.4, -0.2) is 44.6 Å². The summed E-state index contributed by atoms with van der Waals surface area (Å²) in [4.78, 5) is 12.1. The van der Waals surface area contributed by atoms with E-state index in [1.807, 2.05) is 24.3 Å². The summed E-state index contributed by atoms with van der Waals surface area (Å²) < 4.78 is 17.0. The minimum atomic E-state index is -0.240. The van der Waals surface area contributed by atoms with Gasteiger partial charge in [-0.05, 0) is 44.2 Å². The van der Waals surface area contributed by atoms with Crippen molar-refractivity contribution in [3.63, 3.8) is 0 Å². The van der Waals surface area contributed by atoms with Crippen LogP contribution in [0.15, 0.2) is 24.3 Å². The van der Waals surface area contributed by atoms with Crippen LogP contribution in [0.1, 0.15) is 32.1 Å². The number of carbonyl (C=O) groups is 1. The molecule has 6 nitrogen and oxygen atoms in total. The van der Waals surface area contributed by atoms with Crippen molar-refractivity contribution in [2.45, 2.75) is 44.3 Å². The molecule has 0 radical (unpaired) electrons. The molecule has 0 spiro atoms. The molecule has 132 valence electrons. The molecule has 0 aliphatic carbocycles. The van der Waals surface area contributed by atoms with E-state index in [2.05, 4.69) is 10.6 Å². The fraction of sp³-hybridized carbons (Fsp3) is 0.611. The summed E-state index contributed by atoms with van der Waals surface area (Å²) in [5, 5.41) is 5.70.